The molecule has 2 amide bonds. The molecule has 1 heterocycles. The normalized spacial score (nSPS) is 17.4. The van der Waals surface area contributed by atoms with Crippen LogP contribution in [0.1, 0.15) is 23.2 Å². The Bertz CT molecular complexity index is 624. The number of urea groups is 1. The Labute approximate surface area is 146 Å². The van der Waals surface area contributed by atoms with E-state index in [1.807, 2.05) is 7.05 Å². The molecule has 2 rings (SSSR count). The van der Waals surface area contributed by atoms with Crippen LogP contribution in [0.15, 0.2) is 12.1 Å². The van der Waals surface area contributed by atoms with Crippen molar-refractivity contribution in [3.05, 3.63) is 22.7 Å². The number of likely N-dealkylation sites (N-methyl/N-ethyl adjacent to an activating group) is 1. The molecule has 8 heteroatoms. The van der Waals surface area contributed by atoms with E-state index in [1.165, 1.54) is 26.4 Å². The highest BCUT2D eigenvalue weighted by Crippen LogP contribution is 2.31. The average Bonchev–Trinajstić information content (AvgIpc) is 2.98. The molecule has 1 unspecified atom stereocenters. The number of esters is 1. The molecule has 1 aliphatic rings. The Morgan fingerprint density at radius 3 is 2.71 bits per heavy atom. The second-order valence-corrected chi connectivity index (χ2v) is 6.04. The van der Waals surface area contributed by atoms with Gasteiger partial charge in [-0.2, -0.15) is 0 Å². The van der Waals surface area contributed by atoms with Crippen molar-refractivity contribution in [2.75, 3.05) is 39.7 Å². The number of amides is 2. The van der Waals surface area contributed by atoms with E-state index >= 15 is 0 Å². The van der Waals surface area contributed by atoms with E-state index in [0.29, 0.717) is 18.3 Å². The van der Waals surface area contributed by atoms with Gasteiger partial charge in [-0.05, 0) is 32.5 Å². The van der Waals surface area contributed by atoms with Crippen LogP contribution in [0, 0.1) is 0 Å². The lowest BCUT2D eigenvalue weighted by Gasteiger charge is -2.20. The summed E-state index contributed by atoms with van der Waals surface area (Å²) in [5.74, 6) is -0.286. The fraction of sp³-hybridized carbons (Fsp3) is 0.500. The number of anilines is 1. The van der Waals surface area contributed by atoms with Crippen LogP contribution in [0.2, 0.25) is 5.02 Å². The molecule has 1 saturated heterocycles. The molecule has 0 aliphatic carbocycles. The molecule has 1 atom stereocenters. The summed E-state index contributed by atoms with van der Waals surface area (Å²) in [5, 5.41) is 5.74. The van der Waals surface area contributed by atoms with Crippen LogP contribution in [0.4, 0.5) is 10.5 Å². The SMILES string of the molecule is COC(=O)c1cc(Cl)c(NC(=O)NCC2CCCN2C)cc1OC. The molecule has 0 spiro atoms. The van der Waals surface area contributed by atoms with Crippen LogP contribution in [0.25, 0.3) is 0 Å². The maximum atomic E-state index is 12.1. The van der Waals surface area contributed by atoms with Gasteiger partial charge in [-0.1, -0.05) is 11.6 Å². The second-order valence-electron chi connectivity index (χ2n) is 5.64. The van der Waals surface area contributed by atoms with Gasteiger partial charge in [0, 0.05) is 18.7 Å². The molecule has 1 fully saturated rings. The van der Waals surface area contributed by atoms with E-state index in [-0.39, 0.29) is 22.4 Å². The Balaban J connectivity index is 2.03. The molecule has 1 aliphatic heterocycles. The first-order valence-electron chi connectivity index (χ1n) is 7.67. The van der Waals surface area contributed by atoms with Gasteiger partial charge in [0.05, 0.1) is 24.9 Å². The minimum absolute atomic E-state index is 0.198. The summed E-state index contributed by atoms with van der Waals surface area (Å²) in [6.45, 7) is 1.61. The maximum absolute atomic E-state index is 12.1. The van der Waals surface area contributed by atoms with Crippen LogP contribution in [-0.2, 0) is 4.74 Å². The largest absolute Gasteiger partial charge is 0.496 e. The van der Waals surface area contributed by atoms with Crippen molar-refractivity contribution in [3.8, 4) is 5.75 Å². The Morgan fingerprint density at radius 2 is 2.12 bits per heavy atom. The lowest BCUT2D eigenvalue weighted by Crippen LogP contribution is -2.40. The summed E-state index contributed by atoms with van der Waals surface area (Å²) in [7, 11) is 4.75. The predicted octanol–water partition coefficient (Wildman–Crippen LogP) is 2.35. The lowest BCUT2D eigenvalue weighted by molar-refractivity contribution is 0.0597. The summed E-state index contributed by atoms with van der Waals surface area (Å²) in [6.07, 6.45) is 2.21. The first kappa shape index (κ1) is 18.4. The first-order valence-corrected chi connectivity index (χ1v) is 8.05. The molecular weight excluding hydrogens is 334 g/mol. The van der Waals surface area contributed by atoms with E-state index < -0.39 is 5.97 Å². The van der Waals surface area contributed by atoms with Gasteiger partial charge >= 0.3 is 12.0 Å². The number of nitrogens with one attached hydrogen (secondary N) is 2. The number of hydrogen-bond donors (Lipinski definition) is 2. The molecule has 0 radical (unpaired) electrons. The molecule has 132 valence electrons. The van der Waals surface area contributed by atoms with Crippen molar-refractivity contribution in [1.29, 1.82) is 0 Å². The van der Waals surface area contributed by atoms with Crippen LogP contribution >= 0.6 is 11.6 Å². The number of carbonyl (C=O) groups is 2. The summed E-state index contributed by atoms with van der Waals surface area (Å²) >= 11 is 6.14. The third kappa shape index (κ3) is 4.30. The monoisotopic (exact) mass is 355 g/mol. The number of carbonyl (C=O) groups excluding carboxylic acids is 2. The van der Waals surface area contributed by atoms with Gasteiger partial charge in [-0.3, -0.25) is 0 Å². The molecule has 0 bridgehead atoms. The van der Waals surface area contributed by atoms with E-state index in [2.05, 4.69) is 20.3 Å². The highest BCUT2D eigenvalue weighted by Gasteiger charge is 2.22. The molecule has 0 aromatic heterocycles. The number of nitrogens with zero attached hydrogens (tertiary/aromatic N) is 1. The van der Waals surface area contributed by atoms with Crippen LogP contribution in [-0.4, -0.2) is 57.3 Å². The molecule has 7 nitrogen and oxygen atoms in total. The number of methoxy groups -OCH3 is 2. The van der Waals surface area contributed by atoms with E-state index in [1.54, 1.807) is 0 Å². The van der Waals surface area contributed by atoms with Gasteiger partial charge in [-0.25, -0.2) is 9.59 Å². The minimum atomic E-state index is -0.561. The molecule has 2 N–H and O–H groups in total. The number of benzene rings is 1. The fourth-order valence-electron chi connectivity index (χ4n) is 2.70. The summed E-state index contributed by atoms with van der Waals surface area (Å²) in [5.41, 5.74) is 0.557. The summed E-state index contributed by atoms with van der Waals surface area (Å²) in [6, 6.07) is 2.90. The van der Waals surface area contributed by atoms with Crippen molar-refractivity contribution in [2.45, 2.75) is 18.9 Å². The van der Waals surface area contributed by atoms with Crippen molar-refractivity contribution in [3.63, 3.8) is 0 Å². The zero-order chi connectivity index (χ0) is 17.7. The third-order valence-electron chi connectivity index (χ3n) is 4.11. The lowest BCUT2D eigenvalue weighted by atomic mass is 10.1. The van der Waals surface area contributed by atoms with Crippen molar-refractivity contribution >= 4 is 29.3 Å². The van der Waals surface area contributed by atoms with Gasteiger partial charge in [0.2, 0.25) is 0 Å². The van der Waals surface area contributed by atoms with E-state index in [9.17, 15) is 9.59 Å². The summed E-state index contributed by atoms with van der Waals surface area (Å²) in [4.78, 5) is 26.0. The molecular formula is C16H22ClN3O4. The van der Waals surface area contributed by atoms with Crippen molar-refractivity contribution in [1.82, 2.24) is 10.2 Å². The quantitative estimate of drug-likeness (QED) is 0.792. The minimum Gasteiger partial charge on any atom is -0.496 e. The van der Waals surface area contributed by atoms with Gasteiger partial charge < -0.3 is 25.0 Å². The van der Waals surface area contributed by atoms with Crippen molar-refractivity contribution in [2.24, 2.45) is 0 Å². The number of hydrogen-bond acceptors (Lipinski definition) is 5. The van der Waals surface area contributed by atoms with E-state index in [0.717, 1.165) is 19.4 Å². The number of halogens is 1. The highest BCUT2D eigenvalue weighted by atomic mass is 35.5. The number of rotatable bonds is 5. The van der Waals surface area contributed by atoms with Crippen LogP contribution < -0.4 is 15.4 Å². The van der Waals surface area contributed by atoms with Gasteiger partial charge in [-0.15, -0.1) is 0 Å². The van der Waals surface area contributed by atoms with E-state index in [4.69, 9.17) is 16.3 Å². The number of likely N-dealkylation sites (tertiary alicyclic amines) is 1. The van der Waals surface area contributed by atoms with Crippen LogP contribution in [0.3, 0.4) is 0 Å². The summed E-state index contributed by atoms with van der Waals surface area (Å²) < 4.78 is 9.84. The molecule has 24 heavy (non-hydrogen) atoms. The smallest absolute Gasteiger partial charge is 0.341 e. The fourth-order valence-corrected chi connectivity index (χ4v) is 2.91. The standard InChI is InChI=1S/C16H22ClN3O4/c1-20-6-4-5-10(20)9-18-16(22)19-13-8-14(23-2)11(7-12(13)17)15(21)24-3/h7-8,10H,4-6,9H2,1-3H3,(H2,18,19,22). The van der Waals surface area contributed by atoms with Gasteiger partial charge in [0.25, 0.3) is 0 Å². The number of ether oxygens (including phenoxy) is 2. The predicted molar refractivity (Wildman–Crippen MR) is 92.0 cm³/mol. The Hall–Kier alpha value is -1.99. The average molecular weight is 356 g/mol. The van der Waals surface area contributed by atoms with Crippen molar-refractivity contribution < 1.29 is 19.1 Å². The molecule has 0 saturated carbocycles. The van der Waals surface area contributed by atoms with Crippen LogP contribution in [0.5, 0.6) is 5.75 Å². The third-order valence-corrected chi connectivity index (χ3v) is 4.43. The zero-order valence-corrected chi connectivity index (χ0v) is 14.8. The maximum Gasteiger partial charge on any atom is 0.341 e. The second kappa shape index (κ2) is 8.21. The molecule has 1 aromatic carbocycles. The topological polar surface area (TPSA) is 79.9 Å². The van der Waals surface area contributed by atoms with Gasteiger partial charge in [0.15, 0.2) is 0 Å². The molecule has 1 aromatic rings. The highest BCUT2D eigenvalue weighted by molar-refractivity contribution is 6.34. The van der Waals surface area contributed by atoms with Gasteiger partial charge in [0.1, 0.15) is 11.3 Å². The first-order chi connectivity index (χ1) is 11.5. The Morgan fingerprint density at radius 1 is 1.38 bits per heavy atom. The zero-order valence-electron chi connectivity index (χ0n) is 14.0. The Kier molecular flexibility index (Phi) is 6.28.